The number of nitrogens with two attached hydrogens (primary N) is 2. The molecule has 0 aliphatic rings. The first-order valence-electron chi connectivity index (χ1n) is 9.81. The largest absolute Gasteiger partial charge is 0.481 e. The number of rotatable bonds is 10. The van der Waals surface area contributed by atoms with E-state index in [-0.39, 0.29) is 41.5 Å². The highest BCUT2D eigenvalue weighted by Gasteiger charge is 2.19. The van der Waals surface area contributed by atoms with Crippen LogP contribution in [0.25, 0.3) is 0 Å². The number of nitrogens with one attached hydrogen (secondary N) is 2. The summed E-state index contributed by atoms with van der Waals surface area (Å²) in [6.45, 7) is 0.245. The van der Waals surface area contributed by atoms with Crippen LogP contribution in [0.3, 0.4) is 0 Å². The van der Waals surface area contributed by atoms with Crippen molar-refractivity contribution in [3.05, 3.63) is 65.5 Å². The number of benzene rings is 1. The van der Waals surface area contributed by atoms with E-state index < -0.39 is 11.7 Å². The fraction of sp³-hybridized carbons (Fsp3) is 0.227. The maximum absolute atomic E-state index is 14.8. The highest BCUT2D eigenvalue weighted by atomic mass is 19.1. The van der Waals surface area contributed by atoms with Gasteiger partial charge in [0.05, 0.1) is 25.5 Å². The Morgan fingerprint density at radius 1 is 1.06 bits per heavy atom. The number of aromatic nitrogens is 2. The van der Waals surface area contributed by atoms with Gasteiger partial charge in [0.25, 0.3) is 5.91 Å². The summed E-state index contributed by atoms with van der Waals surface area (Å²) >= 11 is 0. The first kappa shape index (κ1) is 22.8. The van der Waals surface area contributed by atoms with Crippen LogP contribution in [-0.2, 0) is 6.42 Å². The minimum absolute atomic E-state index is 0.0585. The third-order valence-corrected chi connectivity index (χ3v) is 4.65. The Balaban J connectivity index is 1.92. The zero-order chi connectivity index (χ0) is 23.1. The molecule has 1 unspecified atom stereocenters. The van der Waals surface area contributed by atoms with E-state index in [1.165, 1.54) is 14.2 Å². The molecule has 32 heavy (non-hydrogen) atoms. The summed E-state index contributed by atoms with van der Waals surface area (Å²) in [5.74, 6) is -0.999. The van der Waals surface area contributed by atoms with E-state index in [0.717, 1.165) is 11.6 Å². The van der Waals surface area contributed by atoms with E-state index >= 15 is 0 Å². The summed E-state index contributed by atoms with van der Waals surface area (Å²) in [7, 11) is 2.91. The average Bonchev–Trinajstić information content (AvgIpc) is 2.80. The molecule has 0 radical (unpaired) electrons. The molecular weight excluding hydrogens is 415 g/mol. The molecule has 1 aromatic carbocycles. The van der Waals surface area contributed by atoms with Crippen LogP contribution in [0.2, 0.25) is 0 Å². The molecule has 0 fully saturated rings. The summed E-state index contributed by atoms with van der Waals surface area (Å²) in [6.07, 6.45) is 0.567. The van der Waals surface area contributed by atoms with Crippen molar-refractivity contribution in [2.45, 2.75) is 12.5 Å². The number of carbonyl (C=O) groups excluding carboxylic acids is 1. The van der Waals surface area contributed by atoms with E-state index in [1.807, 2.05) is 30.3 Å². The SMILES string of the molecule is COc1cc(Nc2nc(NC(CN)Cc3ccccc3)c(F)cc2C(N)=O)cc(OC)n1. The predicted octanol–water partition coefficient (Wildman–Crippen LogP) is 2.46. The lowest BCUT2D eigenvalue weighted by molar-refractivity contribution is 0.100. The summed E-state index contributed by atoms with van der Waals surface area (Å²) < 4.78 is 25.1. The predicted molar refractivity (Wildman–Crippen MR) is 120 cm³/mol. The van der Waals surface area contributed by atoms with Crippen molar-refractivity contribution < 1.29 is 18.7 Å². The van der Waals surface area contributed by atoms with Crippen molar-refractivity contribution in [2.75, 3.05) is 31.4 Å². The molecule has 0 spiro atoms. The summed E-state index contributed by atoms with van der Waals surface area (Å²) in [6, 6.07) is 13.6. The van der Waals surface area contributed by atoms with Crippen LogP contribution in [0.5, 0.6) is 11.8 Å². The second-order valence-electron chi connectivity index (χ2n) is 6.91. The Morgan fingerprint density at radius 3 is 2.28 bits per heavy atom. The quantitative estimate of drug-likeness (QED) is 0.377. The molecule has 9 nitrogen and oxygen atoms in total. The van der Waals surface area contributed by atoms with Gasteiger partial charge >= 0.3 is 0 Å². The zero-order valence-electron chi connectivity index (χ0n) is 17.8. The van der Waals surface area contributed by atoms with Gasteiger partial charge in [-0.25, -0.2) is 9.37 Å². The number of anilines is 3. The van der Waals surface area contributed by atoms with E-state index in [2.05, 4.69) is 20.6 Å². The number of carbonyl (C=O) groups is 1. The lowest BCUT2D eigenvalue weighted by Crippen LogP contribution is -2.32. The van der Waals surface area contributed by atoms with E-state index in [0.29, 0.717) is 12.1 Å². The molecule has 0 saturated carbocycles. The Bertz CT molecular complexity index is 1060. The number of halogens is 1. The Hall–Kier alpha value is -3.92. The van der Waals surface area contributed by atoms with Gasteiger partial charge in [0, 0.05) is 24.7 Å². The maximum Gasteiger partial charge on any atom is 0.252 e. The van der Waals surface area contributed by atoms with Gasteiger partial charge in [-0.3, -0.25) is 4.79 Å². The lowest BCUT2D eigenvalue weighted by atomic mass is 10.1. The maximum atomic E-state index is 14.8. The van der Waals surface area contributed by atoms with Gasteiger partial charge in [0.2, 0.25) is 11.8 Å². The number of nitrogens with zero attached hydrogens (tertiary/aromatic N) is 2. The highest BCUT2D eigenvalue weighted by Crippen LogP contribution is 2.28. The normalized spacial score (nSPS) is 11.5. The van der Waals surface area contributed by atoms with E-state index in [1.54, 1.807) is 12.1 Å². The summed E-state index contributed by atoms with van der Waals surface area (Å²) in [5.41, 5.74) is 12.7. The van der Waals surface area contributed by atoms with Crippen LogP contribution < -0.4 is 31.6 Å². The van der Waals surface area contributed by atoms with Crippen LogP contribution in [0.4, 0.5) is 21.7 Å². The number of hydrogen-bond acceptors (Lipinski definition) is 8. The van der Waals surface area contributed by atoms with Crippen LogP contribution in [0, 0.1) is 5.82 Å². The summed E-state index contributed by atoms with van der Waals surface area (Å²) in [5, 5.41) is 5.98. The second kappa shape index (κ2) is 10.4. The fourth-order valence-corrected chi connectivity index (χ4v) is 3.06. The molecule has 10 heteroatoms. The fourth-order valence-electron chi connectivity index (χ4n) is 3.06. The van der Waals surface area contributed by atoms with Crippen molar-refractivity contribution in [2.24, 2.45) is 11.5 Å². The molecule has 168 valence electrons. The van der Waals surface area contributed by atoms with Gasteiger partial charge in [-0.05, 0) is 18.1 Å². The monoisotopic (exact) mass is 440 g/mol. The molecule has 0 saturated heterocycles. The number of ether oxygens (including phenoxy) is 2. The zero-order valence-corrected chi connectivity index (χ0v) is 17.8. The molecule has 0 aliphatic carbocycles. The van der Waals surface area contributed by atoms with Crippen molar-refractivity contribution in [3.8, 4) is 11.8 Å². The highest BCUT2D eigenvalue weighted by molar-refractivity contribution is 5.98. The minimum Gasteiger partial charge on any atom is -0.481 e. The number of hydrogen-bond donors (Lipinski definition) is 4. The standard InChI is InChI=1S/C22H25FN6O3/c1-31-18-9-14(10-19(28-18)32-2)26-21-16(20(25)30)11-17(23)22(29-21)27-15(12-24)8-13-6-4-3-5-7-13/h3-7,9-11,15H,8,12,24H2,1-2H3,(H2,25,30)(H2,26,27,28,29). The smallest absolute Gasteiger partial charge is 0.252 e. The minimum atomic E-state index is -0.835. The van der Waals surface area contributed by atoms with Crippen molar-refractivity contribution in [1.82, 2.24) is 9.97 Å². The molecule has 1 amide bonds. The Morgan fingerprint density at radius 2 is 1.72 bits per heavy atom. The average molecular weight is 440 g/mol. The van der Waals surface area contributed by atoms with Gasteiger partial charge in [-0.2, -0.15) is 4.98 Å². The number of primary amides is 1. The third kappa shape index (κ3) is 5.61. The van der Waals surface area contributed by atoms with Crippen LogP contribution in [0.1, 0.15) is 15.9 Å². The van der Waals surface area contributed by atoms with Crippen molar-refractivity contribution in [1.29, 1.82) is 0 Å². The molecule has 2 aromatic heterocycles. The third-order valence-electron chi connectivity index (χ3n) is 4.65. The molecule has 6 N–H and O–H groups in total. The van der Waals surface area contributed by atoms with E-state index in [9.17, 15) is 9.18 Å². The molecule has 0 aliphatic heterocycles. The number of pyridine rings is 2. The van der Waals surface area contributed by atoms with Crippen LogP contribution in [-0.4, -0.2) is 42.7 Å². The summed E-state index contributed by atoms with van der Waals surface area (Å²) in [4.78, 5) is 20.3. The van der Waals surface area contributed by atoms with Gasteiger partial charge < -0.3 is 31.6 Å². The first-order valence-corrected chi connectivity index (χ1v) is 9.81. The molecule has 2 heterocycles. The molecule has 0 bridgehead atoms. The topological polar surface area (TPSA) is 137 Å². The van der Waals surface area contributed by atoms with Gasteiger partial charge in [-0.15, -0.1) is 0 Å². The molecule has 1 atom stereocenters. The van der Waals surface area contributed by atoms with Gasteiger partial charge in [0.1, 0.15) is 5.82 Å². The Kier molecular flexibility index (Phi) is 7.40. The lowest BCUT2D eigenvalue weighted by Gasteiger charge is -2.20. The first-order chi connectivity index (χ1) is 15.4. The van der Waals surface area contributed by atoms with Crippen molar-refractivity contribution >= 4 is 23.2 Å². The van der Waals surface area contributed by atoms with E-state index in [4.69, 9.17) is 20.9 Å². The van der Waals surface area contributed by atoms with Crippen LogP contribution in [0.15, 0.2) is 48.5 Å². The van der Waals surface area contributed by atoms with Crippen molar-refractivity contribution in [3.63, 3.8) is 0 Å². The molecule has 3 rings (SSSR count). The van der Waals surface area contributed by atoms with Gasteiger partial charge in [0.15, 0.2) is 11.6 Å². The van der Waals surface area contributed by atoms with Crippen LogP contribution >= 0.6 is 0 Å². The number of methoxy groups -OCH3 is 2. The Labute approximate surface area is 185 Å². The molecule has 3 aromatic rings. The number of amides is 1. The van der Waals surface area contributed by atoms with Gasteiger partial charge in [-0.1, -0.05) is 30.3 Å². The molecular formula is C22H25FN6O3. The second-order valence-corrected chi connectivity index (χ2v) is 6.91.